The summed E-state index contributed by atoms with van der Waals surface area (Å²) in [5, 5.41) is 0. The SMILES string of the molecule is CC.CC1C(=O)N2CCCCC2Cc2ccccc21. The molecule has 0 aliphatic carbocycles. The van der Waals surface area contributed by atoms with Crippen molar-refractivity contribution in [3.8, 4) is 0 Å². The molecule has 1 saturated heterocycles. The lowest BCUT2D eigenvalue weighted by molar-refractivity contribution is -0.135. The second-order valence-corrected chi connectivity index (χ2v) is 5.31. The molecule has 0 aromatic heterocycles. The summed E-state index contributed by atoms with van der Waals surface area (Å²) in [7, 11) is 0. The van der Waals surface area contributed by atoms with Crippen LogP contribution >= 0.6 is 0 Å². The molecular formula is C17H25NO. The zero-order valence-electron chi connectivity index (χ0n) is 12.4. The van der Waals surface area contributed by atoms with Crippen LogP contribution in [0.4, 0.5) is 0 Å². The van der Waals surface area contributed by atoms with Crippen LogP contribution in [0.25, 0.3) is 0 Å². The fourth-order valence-electron chi connectivity index (χ4n) is 3.28. The predicted octanol–water partition coefficient (Wildman–Crippen LogP) is 3.75. The number of fused-ring (bicyclic) bond motifs is 2. The predicted molar refractivity (Wildman–Crippen MR) is 79.3 cm³/mol. The van der Waals surface area contributed by atoms with Crippen LogP contribution in [0.2, 0.25) is 0 Å². The van der Waals surface area contributed by atoms with E-state index >= 15 is 0 Å². The van der Waals surface area contributed by atoms with E-state index in [4.69, 9.17) is 0 Å². The van der Waals surface area contributed by atoms with Crippen LogP contribution in [0.3, 0.4) is 0 Å². The minimum atomic E-state index is 0.0364. The van der Waals surface area contributed by atoms with Crippen LogP contribution in [0, 0.1) is 0 Å². The molecule has 19 heavy (non-hydrogen) atoms. The van der Waals surface area contributed by atoms with Gasteiger partial charge in [-0.05, 0) is 43.7 Å². The Morgan fingerprint density at radius 3 is 2.68 bits per heavy atom. The van der Waals surface area contributed by atoms with Gasteiger partial charge in [-0.25, -0.2) is 0 Å². The maximum atomic E-state index is 12.5. The number of amides is 1. The van der Waals surface area contributed by atoms with Crippen molar-refractivity contribution in [2.75, 3.05) is 6.54 Å². The van der Waals surface area contributed by atoms with Gasteiger partial charge in [0.2, 0.25) is 5.91 Å². The van der Waals surface area contributed by atoms with Crippen molar-refractivity contribution in [2.24, 2.45) is 0 Å². The maximum absolute atomic E-state index is 12.5. The Kier molecular flexibility index (Phi) is 4.62. The molecule has 0 bridgehead atoms. The molecule has 0 saturated carbocycles. The fraction of sp³-hybridized carbons (Fsp3) is 0.588. The monoisotopic (exact) mass is 259 g/mol. The Hall–Kier alpha value is -1.31. The van der Waals surface area contributed by atoms with Crippen molar-refractivity contribution in [3.63, 3.8) is 0 Å². The van der Waals surface area contributed by atoms with Crippen LogP contribution in [0.15, 0.2) is 24.3 Å². The Morgan fingerprint density at radius 1 is 1.16 bits per heavy atom. The molecule has 2 aliphatic rings. The molecule has 2 nitrogen and oxygen atoms in total. The van der Waals surface area contributed by atoms with E-state index in [2.05, 4.69) is 30.0 Å². The van der Waals surface area contributed by atoms with Gasteiger partial charge in [-0.3, -0.25) is 4.79 Å². The third-order valence-corrected chi connectivity index (χ3v) is 4.26. The summed E-state index contributed by atoms with van der Waals surface area (Å²) in [5.74, 6) is 0.369. The fourth-order valence-corrected chi connectivity index (χ4v) is 3.28. The van der Waals surface area contributed by atoms with Crippen molar-refractivity contribution < 1.29 is 4.79 Å². The zero-order chi connectivity index (χ0) is 13.8. The number of benzene rings is 1. The van der Waals surface area contributed by atoms with Crippen molar-refractivity contribution in [3.05, 3.63) is 35.4 Å². The maximum Gasteiger partial charge on any atom is 0.230 e. The number of hydrogen-bond donors (Lipinski definition) is 0. The summed E-state index contributed by atoms with van der Waals surface area (Å²) in [4.78, 5) is 14.6. The smallest absolute Gasteiger partial charge is 0.230 e. The van der Waals surface area contributed by atoms with Gasteiger partial charge in [0, 0.05) is 12.6 Å². The number of carbonyl (C=O) groups is 1. The van der Waals surface area contributed by atoms with Gasteiger partial charge >= 0.3 is 0 Å². The Bertz CT molecular complexity index is 441. The van der Waals surface area contributed by atoms with E-state index < -0.39 is 0 Å². The number of rotatable bonds is 0. The van der Waals surface area contributed by atoms with E-state index in [1.165, 1.54) is 30.4 Å². The molecule has 1 aromatic carbocycles. The van der Waals surface area contributed by atoms with E-state index in [-0.39, 0.29) is 5.92 Å². The summed E-state index contributed by atoms with van der Waals surface area (Å²) < 4.78 is 0. The first-order chi connectivity index (χ1) is 9.27. The van der Waals surface area contributed by atoms with Crippen LogP contribution in [-0.4, -0.2) is 23.4 Å². The average Bonchev–Trinajstić information content (AvgIpc) is 2.58. The second-order valence-electron chi connectivity index (χ2n) is 5.31. The molecule has 0 spiro atoms. The molecule has 0 radical (unpaired) electrons. The lowest BCUT2D eigenvalue weighted by Crippen LogP contribution is -2.44. The Morgan fingerprint density at radius 2 is 1.89 bits per heavy atom. The lowest BCUT2D eigenvalue weighted by Gasteiger charge is -2.35. The van der Waals surface area contributed by atoms with E-state index in [1.54, 1.807) is 0 Å². The third-order valence-electron chi connectivity index (χ3n) is 4.26. The number of carbonyl (C=O) groups excluding carboxylic acids is 1. The standard InChI is InChI=1S/C15H19NO.C2H6/c1-11-14-8-3-2-6-12(14)10-13-7-4-5-9-16(13)15(11)17;1-2/h2-3,6,8,11,13H,4-5,7,9-10H2,1H3;1-2H3. The largest absolute Gasteiger partial charge is 0.339 e. The van der Waals surface area contributed by atoms with Gasteiger partial charge in [0.15, 0.2) is 0 Å². The van der Waals surface area contributed by atoms with E-state index in [9.17, 15) is 4.79 Å². The lowest BCUT2D eigenvalue weighted by atomic mass is 9.93. The average molecular weight is 259 g/mol. The highest BCUT2D eigenvalue weighted by atomic mass is 16.2. The van der Waals surface area contributed by atoms with Crippen LogP contribution in [0.1, 0.15) is 57.1 Å². The minimum absolute atomic E-state index is 0.0364. The molecule has 2 heterocycles. The van der Waals surface area contributed by atoms with Gasteiger partial charge in [-0.15, -0.1) is 0 Å². The van der Waals surface area contributed by atoms with Gasteiger partial charge in [-0.2, -0.15) is 0 Å². The number of nitrogens with zero attached hydrogens (tertiary/aromatic N) is 1. The summed E-state index contributed by atoms with van der Waals surface area (Å²) >= 11 is 0. The third kappa shape index (κ3) is 2.68. The minimum Gasteiger partial charge on any atom is -0.339 e. The van der Waals surface area contributed by atoms with Gasteiger partial charge in [0.25, 0.3) is 0 Å². The van der Waals surface area contributed by atoms with Gasteiger partial charge < -0.3 is 4.90 Å². The van der Waals surface area contributed by atoms with E-state index in [0.717, 1.165) is 13.0 Å². The summed E-state index contributed by atoms with van der Waals surface area (Å²) in [5.41, 5.74) is 2.62. The van der Waals surface area contributed by atoms with Gasteiger partial charge in [-0.1, -0.05) is 38.1 Å². The van der Waals surface area contributed by atoms with E-state index in [1.807, 2.05) is 19.9 Å². The first-order valence-corrected chi connectivity index (χ1v) is 7.65. The summed E-state index contributed by atoms with van der Waals surface area (Å²) in [6.07, 6.45) is 4.66. The van der Waals surface area contributed by atoms with Crippen molar-refractivity contribution in [2.45, 2.75) is 58.4 Å². The number of piperidine rings is 1. The molecule has 2 aliphatic heterocycles. The molecule has 2 heteroatoms. The normalized spacial score (nSPS) is 25.6. The second kappa shape index (κ2) is 6.23. The van der Waals surface area contributed by atoms with Crippen LogP contribution in [0.5, 0.6) is 0 Å². The van der Waals surface area contributed by atoms with Gasteiger partial charge in [0.1, 0.15) is 0 Å². The molecule has 1 aromatic rings. The first kappa shape index (κ1) is 14.1. The Balaban J connectivity index is 0.000000637. The molecule has 1 amide bonds. The Labute approximate surface area is 116 Å². The molecule has 0 N–H and O–H groups in total. The van der Waals surface area contributed by atoms with Crippen LogP contribution < -0.4 is 0 Å². The van der Waals surface area contributed by atoms with Crippen molar-refractivity contribution >= 4 is 5.91 Å². The summed E-state index contributed by atoms with van der Waals surface area (Å²) in [6, 6.07) is 8.90. The molecule has 2 atom stereocenters. The van der Waals surface area contributed by atoms with Gasteiger partial charge in [0.05, 0.1) is 5.92 Å². The summed E-state index contributed by atoms with van der Waals surface area (Å²) in [6.45, 7) is 7.01. The zero-order valence-corrected chi connectivity index (χ0v) is 12.4. The molecule has 1 fully saturated rings. The van der Waals surface area contributed by atoms with Crippen molar-refractivity contribution in [1.82, 2.24) is 4.90 Å². The quantitative estimate of drug-likeness (QED) is 0.695. The molecule has 2 unspecified atom stereocenters. The highest BCUT2D eigenvalue weighted by molar-refractivity contribution is 5.84. The molecule has 3 rings (SSSR count). The first-order valence-electron chi connectivity index (χ1n) is 7.65. The van der Waals surface area contributed by atoms with E-state index in [0.29, 0.717) is 11.9 Å². The highest BCUT2D eigenvalue weighted by Crippen LogP contribution is 2.32. The molecule has 104 valence electrons. The van der Waals surface area contributed by atoms with Crippen LogP contribution in [-0.2, 0) is 11.2 Å². The molecular weight excluding hydrogens is 234 g/mol. The number of hydrogen-bond acceptors (Lipinski definition) is 1. The highest BCUT2D eigenvalue weighted by Gasteiger charge is 2.34. The van der Waals surface area contributed by atoms with Crippen molar-refractivity contribution in [1.29, 1.82) is 0 Å². The topological polar surface area (TPSA) is 20.3 Å².